The number of hydrogen-bond acceptors (Lipinski definition) is 4. The van der Waals surface area contributed by atoms with Gasteiger partial charge in [-0.25, -0.2) is 8.42 Å². The Balaban J connectivity index is 4.41. The summed E-state index contributed by atoms with van der Waals surface area (Å²) >= 11 is 0. The predicted molar refractivity (Wildman–Crippen MR) is 61.2 cm³/mol. The lowest BCUT2D eigenvalue weighted by Crippen LogP contribution is -2.30. The zero-order chi connectivity index (χ0) is 13.0. The van der Waals surface area contributed by atoms with Crippen LogP contribution in [0.15, 0.2) is 0 Å². The van der Waals surface area contributed by atoms with Gasteiger partial charge in [-0.05, 0) is 27.2 Å². The summed E-state index contributed by atoms with van der Waals surface area (Å²) < 4.78 is 28.5. The topological polar surface area (TPSA) is 80.7 Å². The maximum Gasteiger partial charge on any atom is 0.304 e. The highest BCUT2D eigenvalue weighted by Crippen LogP contribution is 2.17. The quantitative estimate of drug-likeness (QED) is 0.733. The lowest BCUT2D eigenvalue weighted by atomic mass is 10.1. The predicted octanol–water partition coefficient (Wildman–Crippen LogP) is 1.08. The fourth-order valence-corrected chi connectivity index (χ4v) is 2.64. The highest BCUT2D eigenvalue weighted by Gasteiger charge is 2.26. The van der Waals surface area contributed by atoms with Crippen LogP contribution in [0.25, 0.3) is 0 Å². The number of sulfone groups is 1. The van der Waals surface area contributed by atoms with Gasteiger partial charge < -0.3 is 9.84 Å². The van der Waals surface area contributed by atoms with Crippen LogP contribution in [0, 0.1) is 0 Å². The largest absolute Gasteiger partial charge is 0.481 e. The van der Waals surface area contributed by atoms with Crippen LogP contribution >= 0.6 is 0 Å². The zero-order valence-electron chi connectivity index (χ0n) is 10.2. The van der Waals surface area contributed by atoms with E-state index in [1.54, 1.807) is 13.8 Å². The summed E-state index contributed by atoms with van der Waals surface area (Å²) in [6.45, 7) is 5.01. The lowest BCUT2D eigenvalue weighted by Gasteiger charge is -2.23. The van der Waals surface area contributed by atoms with E-state index in [0.29, 0.717) is 6.42 Å². The third-order valence-corrected chi connectivity index (χ3v) is 4.78. The van der Waals surface area contributed by atoms with Crippen molar-refractivity contribution in [3.63, 3.8) is 0 Å². The maximum absolute atomic E-state index is 11.7. The Kier molecular flexibility index (Phi) is 5.41. The number of carbonyl (C=O) groups is 1. The van der Waals surface area contributed by atoms with E-state index in [2.05, 4.69) is 0 Å². The molecule has 16 heavy (non-hydrogen) atoms. The Morgan fingerprint density at radius 3 is 2.31 bits per heavy atom. The van der Waals surface area contributed by atoms with Crippen LogP contribution in [0.1, 0.15) is 33.6 Å². The SMILES string of the molecule is COC(C)(C)CCS(=O)(=O)C(C)CC(=O)O. The van der Waals surface area contributed by atoms with Gasteiger partial charge in [-0.15, -0.1) is 0 Å². The molecule has 0 aromatic rings. The Bertz CT molecular complexity index is 331. The molecule has 0 rings (SSSR count). The number of hydrogen-bond donors (Lipinski definition) is 1. The highest BCUT2D eigenvalue weighted by atomic mass is 32.2. The van der Waals surface area contributed by atoms with Crippen molar-refractivity contribution in [2.75, 3.05) is 12.9 Å². The molecule has 96 valence electrons. The zero-order valence-corrected chi connectivity index (χ0v) is 11.0. The van der Waals surface area contributed by atoms with Crippen LogP contribution in [-0.2, 0) is 19.4 Å². The molecule has 0 heterocycles. The number of aliphatic carboxylic acids is 1. The molecule has 1 atom stereocenters. The van der Waals surface area contributed by atoms with E-state index >= 15 is 0 Å². The van der Waals surface area contributed by atoms with E-state index in [-0.39, 0.29) is 12.2 Å². The highest BCUT2D eigenvalue weighted by molar-refractivity contribution is 7.92. The number of methoxy groups -OCH3 is 1. The van der Waals surface area contributed by atoms with Crippen molar-refractivity contribution in [1.82, 2.24) is 0 Å². The summed E-state index contributed by atoms with van der Waals surface area (Å²) in [5.41, 5.74) is -0.504. The van der Waals surface area contributed by atoms with E-state index in [1.807, 2.05) is 0 Å². The molecule has 0 aromatic carbocycles. The van der Waals surface area contributed by atoms with Crippen molar-refractivity contribution in [2.45, 2.75) is 44.5 Å². The average Bonchev–Trinajstić information content (AvgIpc) is 2.14. The minimum Gasteiger partial charge on any atom is -0.481 e. The molecule has 1 unspecified atom stereocenters. The van der Waals surface area contributed by atoms with Gasteiger partial charge in [-0.1, -0.05) is 0 Å². The molecular formula is C10H20O5S. The van der Waals surface area contributed by atoms with Crippen LogP contribution in [0.4, 0.5) is 0 Å². The van der Waals surface area contributed by atoms with Crippen molar-refractivity contribution in [2.24, 2.45) is 0 Å². The maximum atomic E-state index is 11.7. The summed E-state index contributed by atoms with van der Waals surface area (Å²) in [4.78, 5) is 10.4. The second kappa shape index (κ2) is 5.63. The Morgan fingerprint density at radius 2 is 1.94 bits per heavy atom. The van der Waals surface area contributed by atoms with Gasteiger partial charge in [0, 0.05) is 7.11 Å². The Morgan fingerprint density at radius 1 is 1.44 bits per heavy atom. The van der Waals surface area contributed by atoms with E-state index in [9.17, 15) is 13.2 Å². The van der Waals surface area contributed by atoms with Crippen molar-refractivity contribution in [3.8, 4) is 0 Å². The minimum atomic E-state index is -3.36. The monoisotopic (exact) mass is 252 g/mol. The molecular weight excluding hydrogens is 232 g/mol. The second-order valence-electron chi connectivity index (χ2n) is 4.49. The summed E-state index contributed by atoms with van der Waals surface area (Å²) in [6.07, 6.45) is 0.00549. The van der Waals surface area contributed by atoms with Crippen molar-refractivity contribution in [1.29, 1.82) is 0 Å². The molecule has 0 bridgehead atoms. The van der Waals surface area contributed by atoms with Crippen LogP contribution < -0.4 is 0 Å². The van der Waals surface area contributed by atoms with Crippen molar-refractivity contribution < 1.29 is 23.1 Å². The van der Waals surface area contributed by atoms with Crippen LogP contribution in [0.2, 0.25) is 0 Å². The number of rotatable bonds is 7. The van der Waals surface area contributed by atoms with Gasteiger partial charge in [0.1, 0.15) is 0 Å². The van der Waals surface area contributed by atoms with Crippen molar-refractivity contribution >= 4 is 15.8 Å². The molecule has 0 aliphatic carbocycles. The van der Waals surface area contributed by atoms with Gasteiger partial charge >= 0.3 is 5.97 Å². The van der Waals surface area contributed by atoms with Gasteiger partial charge in [0.2, 0.25) is 0 Å². The van der Waals surface area contributed by atoms with Crippen LogP contribution in [0.5, 0.6) is 0 Å². The first-order chi connectivity index (χ1) is 7.10. The van der Waals surface area contributed by atoms with Crippen LogP contribution in [0.3, 0.4) is 0 Å². The molecule has 0 spiro atoms. The first-order valence-electron chi connectivity index (χ1n) is 5.09. The van der Waals surface area contributed by atoms with Crippen molar-refractivity contribution in [3.05, 3.63) is 0 Å². The fraction of sp³-hybridized carbons (Fsp3) is 0.900. The van der Waals surface area contributed by atoms with Gasteiger partial charge in [0.15, 0.2) is 9.84 Å². The molecule has 0 saturated carbocycles. The fourth-order valence-electron chi connectivity index (χ4n) is 1.06. The smallest absolute Gasteiger partial charge is 0.304 e. The summed E-state index contributed by atoms with van der Waals surface area (Å²) in [6, 6.07) is 0. The van der Waals surface area contributed by atoms with Gasteiger partial charge in [0.25, 0.3) is 0 Å². The Labute approximate surface area is 96.7 Å². The van der Waals surface area contributed by atoms with E-state index < -0.39 is 26.7 Å². The van der Waals surface area contributed by atoms with Gasteiger partial charge in [-0.2, -0.15) is 0 Å². The number of carboxylic acids is 1. The summed E-state index contributed by atoms with van der Waals surface area (Å²) in [5, 5.41) is 7.68. The first-order valence-corrected chi connectivity index (χ1v) is 6.81. The number of carboxylic acid groups (broad SMARTS) is 1. The van der Waals surface area contributed by atoms with Gasteiger partial charge in [-0.3, -0.25) is 4.79 Å². The molecule has 1 N–H and O–H groups in total. The normalized spacial score (nSPS) is 14.8. The molecule has 0 aliphatic heterocycles. The molecule has 0 radical (unpaired) electrons. The molecule has 5 nitrogen and oxygen atoms in total. The first kappa shape index (κ1) is 15.4. The van der Waals surface area contributed by atoms with E-state index in [0.717, 1.165) is 0 Å². The Hall–Kier alpha value is -0.620. The molecule has 6 heteroatoms. The summed E-state index contributed by atoms with van der Waals surface area (Å²) in [5.74, 6) is -1.15. The summed E-state index contributed by atoms with van der Waals surface area (Å²) in [7, 11) is -1.84. The molecule has 0 aromatic heterocycles. The lowest BCUT2D eigenvalue weighted by molar-refractivity contribution is -0.136. The standard InChI is InChI=1S/C10H20O5S/c1-8(7-9(11)12)16(13,14)6-5-10(2,3)15-4/h8H,5-7H2,1-4H3,(H,11,12). The minimum absolute atomic E-state index is 0.0533. The van der Waals surface area contributed by atoms with E-state index in [4.69, 9.17) is 9.84 Å². The average molecular weight is 252 g/mol. The van der Waals surface area contributed by atoms with Gasteiger partial charge in [0.05, 0.1) is 23.0 Å². The molecule has 0 amide bonds. The molecule has 0 saturated heterocycles. The van der Waals surface area contributed by atoms with E-state index in [1.165, 1.54) is 14.0 Å². The second-order valence-corrected chi connectivity index (χ2v) is 7.03. The number of ether oxygens (including phenoxy) is 1. The third kappa shape index (κ3) is 5.46. The van der Waals surface area contributed by atoms with Crippen LogP contribution in [-0.4, -0.2) is 43.2 Å². The molecule has 0 fully saturated rings. The molecule has 0 aliphatic rings. The third-order valence-electron chi connectivity index (χ3n) is 2.62.